The first kappa shape index (κ1) is 10.2. The Morgan fingerprint density at radius 3 is 2.92 bits per heavy atom. The maximum Gasteiger partial charge on any atom is 0.404 e. The van der Waals surface area contributed by atoms with Gasteiger partial charge in [-0.25, -0.2) is 13.6 Å². The van der Waals surface area contributed by atoms with E-state index in [1.165, 1.54) is 0 Å². The van der Waals surface area contributed by atoms with E-state index in [4.69, 9.17) is 5.11 Å². The molecule has 1 aliphatic heterocycles. The lowest BCUT2D eigenvalue weighted by molar-refractivity contribution is -0.0406. The van der Waals surface area contributed by atoms with Gasteiger partial charge in [0.15, 0.2) is 0 Å². The first-order chi connectivity index (χ1) is 5.99. The zero-order chi connectivity index (χ0) is 9.90. The third-order valence-corrected chi connectivity index (χ3v) is 1.97. The van der Waals surface area contributed by atoms with Crippen molar-refractivity contribution in [2.75, 3.05) is 13.1 Å². The number of piperidine rings is 1. The molecule has 0 spiro atoms. The number of hydrogen-bond donors (Lipinski definition) is 3. The summed E-state index contributed by atoms with van der Waals surface area (Å²) in [5, 5.41) is 13.1. The lowest BCUT2D eigenvalue weighted by Crippen LogP contribution is -2.49. The number of rotatable bonds is 2. The average Bonchev–Trinajstić information content (AvgIpc) is 1.99. The van der Waals surface area contributed by atoms with Gasteiger partial charge >= 0.3 is 6.09 Å². The summed E-state index contributed by atoms with van der Waals surface area (Å²) in [4.78, 5) is 10.1. The van der Waals surface area contributed by atoms with Crippen LogP contribution in [-0.4, -0.2) is 36.3 Å². The number of halogens is 2. The van der Waals surface area contributed by atoms with E-state index in [0.29, 0.717) is 0 Å². The summed E-state index contributed by atoms with van der Waals surface area (Å²) < 4.78 is 25.5. The summed E-state index contributed by atoms with van der Waals surface area (Å²) in [6, 6.07) is -0.458. The minimum Gasteiger partial charge on any atom is -0.465 e. The van der Waals surface area contributed by atoms with E-state index >= 15 is 0 Å². The van der Waals surface area contributed by atoms with Gasteiger partial charge in [-0.15, -0.1) is 0 Å². The van der Waals surface area contributed by atoms with Crippen molar-refractivity contribution in [2.24, 2.45) is 0 Å². The molecule has 0 saturated carbocycles. The van der Waals surface area contributed by atoms with E-state index in [0.717, 1.165) is 0 Å². The highest BCUT2D eigenvalue weighted by molar-refractivity contribution is 5.64. The quantitative estimate of drug-likeness (QED) is 0.604. The van der Waals surface area contributed by atoms with Gasteiger partial charge < -0.3 is 15.7 Å². The lowest BCUT2D eigenvalue weighted by atomic mass is 10.0. The normalized spacial score (nSPS) is 26.8. The van der Waals surface area contributed by atoms with Crippen LogP contribution in [0.3, 0.4) is 0 Å². The Kier molecular flexibility index (Phi) is 3.02. The molecule has 1 atom stereocenters. The fourth-order valence-electron chi connectivity index (χ4n) is 1.35. The molecule has 0 radical (unpaired) electrons. The number of amides is 1. The van der Waals surface area contributed by atoms with E-state index in [-0.39, 0.29) is 25.9 Å². The molecule has 0 bridgehead atoms. The van der Waals surface area contributed by atoms with Crippen LogP contribution >= 0.6 is 0 Å². The molecule has 0 aromatic rings. The van der Waals surface area contributed by atoms with Gasteiger partial charge in [0, 0.05) is 32.0 Å². The number of alkyl halides is 2. The summed E-state index contributed by atoms with van der Waals surface area (Å²) >= 11 is 0. The van der Waals surface area contributed by atoms with Gasteiger partial charge in [-0.05, 0) is 0 Å². The highest BCUT2D eigenvalue weighted by Crippen LogP contribution is 2.26. The van der Waals surface area contributed by atoms with E-state index in [9.17, 15) is 13.6 Å². The van der Waals surface area contributed by atoms with Crippen LogP contribution in [0.25, 0.3) is 0 Å². The van der Waals surface area contributed by atoms with Crippen molar-refractivity contribution in [1.29, 1.82) is 0 Å². The number of hydrogen-bond acceptors (Lipinski definition) is 2. The van der Waals surface area contributed by atoms with Crippen molar-refractivity contribution in [3.05, 3.63) is 0 Å². The van der Waals surface area contributed by atoms with Gasteiger partial charge in [0.2, 0.25) is 0 Å². The third kappa shape index (κ3) is 3.54. The van der Waals surface area contributed by atoms with Crippen LogP contribution in [0.15, 0.2) is 0 Å². The molecule has 1 rings (SSSR count). The topological polar surface area (TPSA) is 61.4 Å². The van der Waals surface area contributed by atoms with E-state index < -0.39 is 18.1 Å². The van der Waals surface area contributed by atoms with Crippen LogP contribution < -0.4 is 10.6 Å². The second-order valence-electron chi connectivity index (χ2n) is 3.15. The number of carboxylic acid groups (broad SMARTS) is 1. The van der Waals surface area contributed by atoms with Gasteiger partial charge in [0.25, 0.3) is 5.92 Å². The van der Waals surface area contributed by atoms with Crippen molar-refractivity contribution in [1.82, 2.24) is 10.6 Å². The molecule has 1 aliphatic rings. The predicted octanol–water partition coefficient (Wildman–Crippen LogP) is 0.641. The predicted molar refractivity (Wildman–Crippen MR) is 42.0 cm³/mol. The lowest BCUT2D eigenvalue weighted by Gasteiger charge is -2.29. The van der Waals surface area contributed by atoms with Gasteiger partial charge in [0.05, 0.1) is 0 Å². The van der Waals surface area contributed by atoms with Crippen molar-refractivity contribution in [3.63, 3.8) is 0 Å². The number of nitrogens with one attached hydrogen (secondary N) is 2. The molecule has 1 saturated heterocycles. The molecule has 1 fully saturated rings. The van der Waals surface area contributed by atoms with Gasteiger partial charge in [-0.3, -0.25) is 0 Å². The van der Waals surface area contributed by atoms with Crippen molar-refractivity contribution in [2.45, 2.75) is 24.8 Å². The largest absolute Gasteiger partial charge is 0.465 e. The van der Waals surface area contributed by atoms with Gasteiger partial charge in [-0.2, -0.15) is 0 Å². The van der Waals surface area contributed by atoms with E-state index in [1.54, 1.807) is 0 Å². The number of carbonyl (C=O) groups is 1. The molecule has 1 amide bonds. The van der Waals surface area contributed by atoms with E-state index in [2.05, 4.69) is 10.6 Å². The fraction of sp³-hybridized carbons (Fsp3) is 0.857. The SMILES string of the molecule is O=C(O)NCC1CC(F)(F)CCN1. The Morgan fingerprint density at radius 1 is 1.69 bits per heavy atom. The molecule has 1 heterocycles. The minimum atomic E-state index is -2.66. The smallest absolute Gasteiger partial charge is 0.404 e. The maximum absolute atomic E-state index is 12.8. The molecule has 1 unspecified atom stereocenters. The highest BCUT2D eigenvalue weighted by Gasteiger charge is 2.35. The molecule has 0 aliphatic carbocycles. The third-order valence-electron chi connectivity index (χ3n) is 1.97. The molecular formula is C7H12F2N2O2. The molecular weight excluding hydrogens is 182 g/mol. The summed E-state index contributed by atoms with van der Waals surface area (Å²) in [5.41, 5.74) is 0. The van der Waals surface area contributed by atoms with Crippen LogP contribution in [0.4, 0.5) is 13.6 Å². The average molecular weight is 194 g/mol. The van der Waals surface area contributed by atoms with Crippen LogP contribution in [0, 0.1) is 0 Å². The summed E-state index contributed by atoms with van der Waals surface area (Å²) in [6.07, 6.45) is -1.65. The second kappa shape index (κ2) is 3.87. The Bertz CT molecular complexity index is 199. The molecule has 3 N–H and O–H groups in total. The van der Waals surface area contributed by atoms with Gasteiger partial charge in [-0.1, -0.05) is 0 Å². The molecule has 13 heavy (non-hydrogen) atoms. The first-order valence-electron chi connectivity index (χ1n) is 4.08. The molecule has 76 valence electrons. The van der Waals surface area contributed by atoms with Crippen LogP contribution in [-0.2, 0) is 0 Å². The summed E-state index contributed by atoms with van der Waals surface area (Å²) in [6.45, 7) is 0.268. The molecule has 0 aromatic carbocycles. The van der Waals surface area contributed by atoms with Crippen molar-refractivity contribution < 1.29 is 18.7 Å². The molecule has 4 nitrogen and oxygen atoms in total. The zero-order valence-electron chi connectivity index (χ0n) is 7.02. The van der Waals surface area contributed by atoms with Crippen molar-refractivity contribution in [3.8, 4) is 0 Å². The highest BCUT2D eigenvalue weighted by atomic mass is 19.3. The van der Waals surface area contributed by atoms with Crippen LogP contribution in [0.5, 0.6) is 0 Å². The maximum atomic E-state index is 12.8. The molecule has 0 aromatic heterocycles. The second-order valence-corrected chi connectivity index (χ2v) is 3.15. The van der Waals surface area contributed by atoms with Crippen LogP contribution in [0.2, 0.25) is 0 Å². The zero-order valence-corrected chi connectivity index (χ0v) is 7.02. The standard InChI is InChI=1S/C7H12F2N2O2/c8-7(9)1-2-10-5(3-7)4-11-6(12)13/h5,10-11H,1-4H2,(H,12,13). The Balaban J connectivity index is 2.30. The Hall–Kier alpha value is -0.910. The summed E-state index contributed by atoms with van der Waals surface area (Å²) in [5.74, 6) is -2.66. The van der Waals surface area contributed by atoms with Crippen LogP contribution in [0.1, 0.15) is 12.8 Å². The first-order valence-corrected chi connectivity index (χ1v) is 4.08. The fourth-order valence-corrected chi connectivity index (χ4v) is 1.35. The van der Waals surface area contributed by atoms with E-state index in [1.807, 2.05) is 0 Å². The van der Waals surface area contributed by atoms with Gasteiger partial charge in [0.1, 0.15) is 0 Å². The Labute approximate surface area is 74.3 Å². The van der Waals surface area contributed by atoms with Crippen molar-refractivity contribution >= 4 is 6.09 Å². The monoisotopic (exact) mass is 194 g/mol. The Morgan fingerprint density at radius 2 is 2.38 bits per heavy atom. The summed E-state index contributed by atoms with van der Waals surface area (Å²) in [7, 11) is 0. The molecule has 6 heteroatoms. The minimum absolute atomic E-state index is 0.0327.